The minimum Gasteiger partial charge on any atom is -0.449 e. The summed E-state index contributed by atoms with van der Waals surface area (Å²) in [6.45, 7) is 9.21. The van der Waals surface area contributed by atoms with E-state index < -0.39 is 12.2 Å². The number of hydrogen-bond donors (Lipinski definition) is 4. The Morgan fingerprint density at radius 1 is 1.20 bits per heavy atom. The Morgan fingerprint density at radius 3 is 2.35 bits per heavy atom. The Kier molecular flexibility index (Phi) is 10.4. The van der Waals surface area contributed by atoms with Gasteiger partial charge in [-0.3, -0.25) is 0 Å². The Morgan fingerprint density at radius 2 is 1.85 bits per heavy atom. The van der Waals surface area contributed by atoms with Gasteiger partial charge in [0.1, 0.15) is 0 Å². The predicted molar refractivity (Wildman–Crippen MR) is 78.5 cm³/mol. The van der Waals surface area contributed by atoms with Gasteiger partial charge in [0.2, 0.25) is 0 Å². The second-order valence-electron chi connectivity index (χ2n) is 5.87. The van der Waals surface area contributed by atoms with Crippen molar-refractivity contribution >= 4 is 6.09 Å². The highest BCUT2D eigenvalue weighted by Crippen LogP contribution is 2.11. The van der Waals surface area contributed by atoms with Gasteiger partial charge in [0, 0.05) is 25.0 Å². The maximum absolute atomic E-state index is 11.4. The third-order valence-corrected chi connectivity index (χ3v) is 2.76. The number of ether oxygens (including phenoxy) is 1. The zero-order valence-corrected chi connectivity index (χ0v) is 13.1. The summed E-state index contributed by atoms with van der Waals surface area (Å²) in [5.74, 6) is 0.808. The molecule has 0 spiro atoms. The molecule has 2 unspecified atom stereocenters. The average Bonchev–Trinajstić information content (AvgIpc) is 2.38. The highest BCUT2D eigenvalue weighted by molar-refractivity contribution is 5.67. The van der Waals surface area contributed by atoms with E-state index in [-0.39, 0.29) is 19.1 Å². The number of aliphatic hydroxyl groups is 2. The molecular weight excluding hydrogens is 260 g/mol. The number of hydrogen-bond acceptors (Lipinski definition) is 5. The second-order valence-corrected chi connectivity index (χ2v) is 5.87. The van der Waals surface area contributed by atoms with E-state index in [1.807, 2.05) is 0 Å². The molecule has 20 heavy (non-hydrogen) atoms. The molecule has 0 rings (SSSR count). The van der Waals surface area contributed by atoms with Crippen LogP contribution in [0.3, 0.4) is 0 Å². The maximum Gasteiger partial charge on any atom is 0.407 e. The molecule has 0 heterocycles. The van der Waals surface area contributed by atoms with Crippen molar-refractivity contribution in [2.45, 2.75) is 46.3 Å². The van der Waals surface area contributed by atoms with E-state index in [0.717, 1.165) is 13.0 Å². The molecule has 4 N–H and O–H groups in total. The van der Waals surface area contributed by atoms with E-state index in [2.05, 4.69) is 38.3 Å². The molecule has 0 aromatic carbocycles. The third kappa shape index (κ3) is 11.0. The Labute approximate surface area is 121 Å². The zero-order valence-electron chi connectivity index (χ0n) is 13.1. The van der Waals surface area contributed by atoms with Gasteiger partial charge < -0.3 is 25.6 Å². The van der Waals surface area contributed by atoms with Crippen LogP contribution in [-0.4, -0.2) is 54.8 Å². The fourth-order valence-electron chi connectivity index (χ4n) is 1.79. The van der Waals surface area contributed by atoms with Gasteiger partial charge in [0.25, 0.3) is 0 Å². The molecule has 6 nitrogen and oxygen atoms in total. The van der Waals surface area contributed by atoms with Gasteiger partial charge in [0.15, 0.2) is 0 Å². The standard InChI is InChI=1S/C14H30N2O4/c1-10(2)5-12(6-15-11(3)4)9-20-14(19)16-7-13(18)8-17/h10-13,15,17-18H,5-9H2,1-4H3,(H,16,19). The number of alkyl carbamates (subject to hydrolysis) is 1. The van der Waals surface area contributed by atoms with E-state index in [0.29, 0.717) is 18.6 Å². The van der Waals surface area contributed by atoms with Gasteiger partial charge in [-0.1, -0.05) is 27.7 Å². The first-order valence-corrected chi connectivity index (χ1v) is 7.28. The van der Waals surface area contributed by atoms with Gasteiger partial charge in [-0.25, -0.2) is 4.79 Å². The van der Waals surface area contributed by atoms with Crippen LogP contribution in [0, 0.1) is 11.8 Å². The van der Waals surface area contributed by atoms with E-state index in [4.69, 9.17) is 14.9 Å². The monoisotopic (exact) mass is 290 g/mol. The van der Waals surface area contributed by atoms with Crippen LogP contribution in [0.2, 0.25) is 0 Å². The Balaban J connectivity index is 4.00. The topological polar surface area (TPSA) is 90.8 Å². The Bertz CT molecular complexity index is 260. The summed E-state index contributed by atoms with van der Waals surface area (Å²) < 4.78 is 5.15. The number of amides is 1. The summed E-state index contributed by atoms with van der Waals surface area (Å²) in [7, 11) is 0. The maximum atomic E-state index is 11.4. The largest absolute Gasteiger partial charge is 0.449 e. The van der Waals surface area contributed by atoms with Gasteiger partial charge >= 0.3 is 6.09 Å². The number of rotatable bonds is 10. The molecule has 0 bridgehead atoms. The molecule has 6 heteroatoms. The molecule has 0 aromatic rings. The molecule has 0 radical (unpaired) electrons. The summed E-state index contributed by atoms with van der Waals surface area (Å²) in [6, 6.07) is 0.401. The van der Waals surface area contributed by atoms with Crippen molar-refractivity contribution < 1.29 is 19.7 Å². The van der Waals surface area contributed by atoms with Crippen molar-refractivity contribution in [1.29, 1.82) is 0 Å². The second kappa shape index (κ2) is 10.9. The zero-order chi connectivity index (χ0) is 15.5. The number of carbonyl (C=O) groups excluding carboxylic acids is 1. The lowest BCUT2D eigenvalue weighted by Gasteiger charge is -2.21. The molecule has 0 aliphatic rings. The number of aliphatic hydroxyl groups excluding tert-OH is 2. The van der Waals surface area contributed by atoms with Crippen molar-refractivity contribution in [2.75, 3.05) is 26.3 Å². The molecule has 0 aliphatic heterocycles. The van der Waals surface area contributed by atoms with Crippen LogP contribution < -0.4 is 10.6 Å². The lowest BCUT2D eigenvalue weighted by molar-refractivity contribution is 0.0842. The lowest BCUT2D eigenvalue weighted by atomic mass is 9.97. The SMILES string of the molecule is CC(C)CC(CNC(C)C)COC(=O)NCC(O)CO. The van der Waals surface area contributed by atoms with Gasteiger partial charge in [-0.15, -0.1) is 0 Å². The molecule has 1 amide bonds. The fraction of sp³-hybridized carbons (Fsp3) is 0.929. The smallest absolute Gasteiger partial charge is 0.407 e. The van der Waals surface area contributed by atoms with E-state index >= 15 is 0 Å². The molecular formula is C14H30N2O4. The fourth-order valence-corrected chi connectivity index (χ4v) is 1.79. The number of carbonyl (C=O) groups is 1. The van der Waals surface area contributed by atoms with E-state index in [1.54, 1.807) is 0 Å². The van der Waals surface area contributed by atoms with E-state index in [9.17, 15) is 4.79 Å². The van der Waals surface area contributed by atoms with Crippen molar-refractivity contribution in [1.82, 2.24) is 10.6 Å². The number of nitrogens with one attached hydrogen (secondary N) is 2. The van der Waals surface area contributed by atoms with Crippen molar-refractivity contribution in [3.05, 3.63) is 0 Å². The van der Waals surface area contributed by atoms with Crippen molar-refractivity contribution in [3.63, 3.8) is 0 Å². The predicted octanol–water partition coefficient (Wildman–Crippen LogP) is 0.726. The van der Waals surface area contributed by atoms with Crippen molar-refractivity contribution in [2.24, 2.45) is 11.8 Å². The quantitative estimate of drug-likeness (QED) is 0.476. The van der Waals surface area contributed by atoms with Crippen LogP contribution in [0.15, 0.2) is 0 Å². The molecule has 0 saturated carbocycles. The van der Waals surface area contributed by atoms with E-state index in [1.165, 1.54) is 0 Å². The molecule has 2 atom stereocenters. The summed E-state index contributed by atoms with van der Waals surface area (Å²) in [6.07, 6.45) is -0.529. The van der Waals surface area contributed by atoms with Crippen LogP contribution >= 0.6 is 0 Å². The highest BCUT2D eigenvalue weighted by Gasteiger charge is 2.14. The lowest BCUT2D eigenvalue weighted by Crippen LogP contribution is -2.37. The van der Waals surface area contributed by atoms with Crippen LogP contribution in [0.1, 0.15) is 34.1 Å². The van der Waals surface area contributed by atoms with Gasteiger partial charge in [0.05, 0.1) is 19.3 Å². The first-order chi connectivity index (χ1) is 9.35. The normalized spacial score (nSPS) is 14.4. The molecule has 0 saturated heterocycles. The first kappa shape index (κ1) is 19.1. The van der Waals surface area contributed by atoms with Crippen LogP contribution in [0.4, 0.5) is 4.79 Å². The molecule has 0 fully saturated rings. The summed E-state index contributed by atoms with van der Waals surface area (Å²) >= 11 is 0. The minimum absolute atomic E-state index is 0.00553. The highest BCUT2D eigenvalue weighted by atomic mass is 16.5. The summed E-state index contributed by atoms with van der Waals surface area (Å²) in [5, 5.41) is 23.5. The molecule has 0 aliphatic carbocycles. The first-order valence-electron chi connectivity index (χ1n) is 7.28. The van der Waals surface area contributed by atoms with Crippen LogP contribution in [0.25, 0.3) is 0 Å². The third-order valence-electron chi connectivity index (χ3n) is 2.76. The van der Waals surface area contributed by atoms with Gasteiger partial charge in [-0.05, 0) is 12.3 Å². The van der Waals surface area contributed by atoms with Crippen molar-refractivity contribution in [3.8, 4) is 0 Å². The summed E-state index contributed by atoms with van der Waals surface area (Å²) in [5.41, 5.74) is 0. The summed E-state index contributed by atoms with van der Waals surface area (Å²) in [4.78, 5) is 11.4. The Hall–Kier alpha value is -0.850. The minimum atomic E-state index is -0.948. The van der Waals surface area contributed by atoms with Crippen LogP contribution in [0.5, 0.6) is 0 Å². The average molecular weight is 290 g/mol. The molecule has 0 aromatic heterocycles. The molecule has 120 valence electrons. The van der Waals surface area contributed by atoms with Crippen LogP contribution in [-0.2, 0) is 4.74 Å². The van der Waals surface area contributed by atoms with Gasteiger partial charge in [-0.2, -0.15) is 0 Å².